The average molecular weight is 443 g/mol. The first-order chi connectivity index (χ1) is 15.9. The van der Waals surface area contributed by atoms with E-state index in [4.69, 9.17) is 5.11 Å². The molecule has 1 aliphatic rings. The van der Waals surface area contributed by atoms with Crippen molar-refractivity contribution in [2.75, 3.05) is 0 Å². The van der Waals surface area contributed by atoms with Gasteiger partial charge in [-0.25, -0.2) is 0 Å². The molecule has 168 valence electrons. The fraction of sp³-hybridized carbons (Fsp3) is 0.222. The summed E-state index contributed by atoms with van der Waals surface area (Å²) in [5.74, 6) is -2.27. The molecule has 0 saturated carbocycles. The first-order valence-corrected chi connectivity index (χ1v) is 11.0. The van der Waals surface area contributed by atoms with Crippen molar-refractivity contribution >= 4 is 17.8 Å². The molecule has 0 bridgehead atoms. The molecule has 4 rings (SSSR count). The van der Waals surface area contributed by atoms with Crippen molar-refractivity contribution in [1.29, 1.82) is 0 Å². The minimum absolute atomic E-state index is 0.0107. The van der Waals surface area contributed by atoms with Gasteiger partial charge in [-0.05, 0) is 41.2 Å². The first-order valence-electron chi connectivity index (χ1n) is 11.0. The minimum Gasteiger partial charge on any atom is -0.481 e. The van der Waals surface area contributed by atoms with Gasteiger partial charge in [0, 0.05) is 13.0 Å². The second-order valence-electron chi connectivity index (χ2n) is 8.31. The number of carbonyl (C=O) groups excluding carboxylic acids is 2. The third-order valence-corrected chi connectivity index (χ3v) is 5.93. The van der Waals surface area contributed by atoms with Crippen LogP contribution in [0.15, 0.2) is 72.8 Å². The van der Waals surface area contributed by atoms with Gasteiger partial charge in [-0.1, -0.05) is 78.4 Å². The van der Waals surface area contributed by atoms with Gasteiger partial charge in [0.15, 0.2) is 0 Å². The molecule has 2 amide bonds. The number of aryl methyl sites for hydroxylation is 1. The largest absolute Gasteiger partial charge is 0.481 e. The first kappa shape index (κ1) is 22.3. The number of fused-ring (bicyclic) bond motifs is 3. The van der Waals surface area contributed by atoms with Gasteiger partial charge in [-0.3, -0.25) is 14.4 Å². The zero-order valence-electron chi connectivity index (χ0n) is 18.4. The Kier molecular flexibility index (Phi) is 6.54. The molecule has 3 N–H and O–H groups in total. The van der Waals surface area contributed by atoms with E-state index in [2.05, 4.69) is 10.6 Å². The number of rotatable bonds is 8. The lowest BCUT2D eigenvalue weighted by molar-refractivity contribution is -0.138. The number of benzene rings is 3. The maximum absolute atomic E-state index is 13.4. The Bertz CT molecular complexity index is 1160. The van der Waals surface area contributed by atoms with Crippen LogP contribution in [0, 0.1) is 6.92 Å². The van der Waals surface area contributed by atoms with E-state index in [1.54, 1.807) is 0 Å². The number of carboxylic acid groups (broad SMARTS) is 1. The van der Waals surface area contributed by atoms with Crippen molar-refractivity contribution in [3.05, 3.63) is 95.1 Å². The van der Waals surface area contributed by atoms with Gasteiger partial charge in [0.05, 0.1) is 5.92 Å². The summed E-state index contributed by atoms with van der Waals surface area (Å²) in [6, 6.07) is 22.3. The standard InChI is InChI=1S/C27H26N2O4/c1-17-7-6-8-18(15-17)16-28-26(32)23(13-14-24(30)31)29-27(33)25-21-11-4-2-9-19(21)20-10-3-5-12-22(20)25/h2-12,15,23,25H,13-14,16H2,1H3,(H,28,32)(H,29,33)(H,30,31)/t23-/m0/s1. The average Bonchev–Trinajstić information content (AvgIpc) is 3.14. The lowest BCUT2D eigenvalue weighted by atomic mass is 9.95. The molecule has 33 heavy (non-hydrogen) atoms. The van der Waals surface area contributed by atoms with Gasteiger partial charge in [-0.2, -0.15) is 0 Å². The summed E-state index contributed by atoms with van der Waals surface area (Å²) in [6.45, 7) is 2.27. The van der Waals surface area contributed by atoms with Crippen LogP contribution < -0.4 is 10.6 Å². The molecule has 6 nitrogen and oxygen atoms in total. The van der Waals surface area contributed by atoms with E-state index in [0.717, 1.165) is 33.4 Å². The third-order valence-electron chi connectivity index (χ3n) is 5.93. The lowest BCUT2D eigenvalue weighted by Crippen LogP contribution is -2.48. The minimum atomic E-state index is -1.02. The van der Waals surface area contributed by atoms with Crippen LogP contribution >= 0.6 is 0 Å². The summed E-state index contributed by atoms with van der Waals surface area (Å²) < 4.78 is 0. The molecule has 3 aromatic carbocycles. The van der Waals surface area contributed by atoms with Gasteiger partial charge >= 0.3 is 5.97 Å². The molecule has 0 unspecified atom stereocenters. The second kappa shape index (κ2) is 9.69. The Morgan fingerprint density at radius 3 is 2.15 bits per heavy atom. The van der Waals surface area contributed by atoms with Crippen molar-refractivity contribution in [3.8, 4) is 11.1 Å². The van der Waals surface area contributed by atoms with Crippen molar-refractivity contribution in [1.82, 2.24) is 10.6 Å². The van der Waals surface area contributed by atoms with E-state index < -0.39 is 23.8 Å². The quantitative estimate of drug-likeness (QED) is 0.495. The third kappa shape index (κ3) is 4.95. The van der Waals surface area contributed by atoms with Crippen LogP contribution in [0.2, 0.25) is 0 Å². The lowest BCUT2D eigenvalue weighted by Gasteiger charge is -2.21. The highest BCUT2D eigenvalue weighted by Crippen LogP contribution is 2.44. The molecular formula is C27H26N2O4. The van der Waals surface area contributed by atoms with E-state index in [0.29, 0.717) is 6.54 Å². The summed E-state index contributed by atoms with van der Waals surface area (Å²) in [5, 5.41) is 14.8. The molecule has 0 aliphatic heterocycles. The highest BCUT2D eigenvalue weighted by molar-refractivity contribution is 5.98. The zero-order valence-corrected chi connectivity index (χ0v) is 18.4. The van der Waals surface area contributed by atoms with E-state index in [1.807, 2.05) is 79.7 Å². The summed E-state index contributed by atoms with van der Waals surface area (Å²) in [6.07, 6.45) is -0.211. The highest BCUT2D eigenvalue weighted by atomic mass is 16.4. The molecule has 0 heterocycles. The fourth-order valence-corrected chi connectivity index (χ4v) is 4.36. The fourth-order valence-electron chi connectivity index (χ4n) is 4.36. The second-order valence-corrected chi connectivity index (χ2v) is 8.31. The molecule has 1 aliphatic carbocycles. The van der Waals surface area contributed by atoms with E-state index in [-0.39, 0.29) is 18.7 Å². The zero-order chi connectivity index (χ0) is 23.4. The van der Waals surface area contributed by atoms with Crippen LogP contribution in [-0.2, 0) is 20.9 Å². The van der Waals surface area contributed by atoms with Gasteiger partial charge in [0.2, 0.25) is 11.8 Å². The van der Waals surface area contributed by atoms with Crippen LogP contribution in [0.5, 0.6) is 0 Å². The van der Waals surface area contributed by atoms with Crippen LogP contribution in [0.1, 0.15) is 41.0 Å². The topological polar surface area (TPSA) is 95.5 Å². The van der Waals surface area contributed by atoms with E-state index >= 15 is 0 Å². The summed E-state index contributed by atoms with van der Waals surface area (Å²) in [7, 11) is 0. The van der Waals surface area contributed by atoms with Gasteiger partial charge in [0.1, 0.15) is 6.04 Å². The number of carboxylic acids is 1. The normalized spacial score (nSPS) is 13.0. The van der Waals surface area contributed by atoms with Crippen LogP contribution in [0.3, 0.4) is 0 Å². The van der Waals surface area contributed by atoms with Crippen molar-refractivity contribution in [2.45, 2.75) is 38.3 Å². The van der Waals surface area contributed by atoms with Crippen LogP contribution in [0.4, 0.5) is 0 Å². The van der Waals surface area contributed by atoms with Crippen molar-refractivity contribution in [3.63, 3.8) is 0 Å². The number of hydrogen-bond acceptors (Lipinski definition) is 3. The molecule has 0 aromatic heterocycles. The molecule has 0 radical (unpaired) electrons. The predicted molar refractivity (Wildman–Crippen MR) is 126 cm³/mol. The molecular weight excluding hydrogens is 416 g/mol. The Labute approximate surface area is 192 Å². The molecule has 0 fully saturated rings. The monoisotopic (exact) mass is 442 g/mol. The smallest absolute Gasteiger partial charge is 0.303 e. The Hall–Kier alpha value is -3.93. The van der Waals surface area contributed by atoms with E-state index in [1.165, 1.54) is 0 Å². The van der Waals surface area contributed by atoms with Crippen molar-refractivity contribution < 1.29 is 19.5 Å². The highest BCUT2D eigenvalue weighted by Gasteiger charge is 2.35. The Balaban J connectivity index is 1.53. The molecule has 0 saturated heterocycles. The predicted octanol–water partition coefficient (Wildman–Crippen LogP) is 3.77. The molecule has 6 heteroatoms. The van der Waals surface area contributed by atoms with Crippen LogP contribution in [-0.4, -0.2) is 28.9 Å². The Morgan fingerprint density at radius 2 is 1.55 bits per heavy atom. The number of aliphatic carboxylic acids is 1. The summed E-state index contributed by atoms with van der Waals surface area (Å²) in [4.78, 5) is 37.5. The van der Waals surface area contributed by atoms with Gasteiger partial charge in [-0.15, -0.1) is 0 Å². The molecule has 3 aromatic rings. The summed E-state index contributed by atoms with van der Waals surface area (Å²) >= 11 is 0. The summed E-state index contributed by atoms with van der Waals surface area (Å²) in [5.41, 5.74) is 5.78. The van der Waals surface area contributed by atoms with Gasteiger partial charge in [0.25, 0.3) is 0 Å². The number of hydrogen-bond donors (Lipinski definition) is 3. The van der Waals surface area contributed by atoms with E-state index in [9.17, 15) is 14.4 Å². The number of carbonyl (C=O) groups is 3. The maximum atomic E-state index is 13.4. The number of amides is 2. The molecule has 0 spiro atoms. The van der Waals surface area contributed by atoms with Crippen LogP contribution in [0.25, 0.3) is 11.1 Å². The number of nitrogens with one attached hydrogen (secondary N) is 2. The van der Waals surface area contributed by atoms with Gasteiger partial charge < -0.3 is 15.7 Å². The van der Waals surface area contributed by atoms with Crippen molar-refractivity contribution in [2.24, 2.45) is 0 Å². The molecule has 1 atom stereocenters. The Morgan fingerprint density at radius 1 is 0.909 bits per heavy atom. The SMILES string of the molecule is Cc1cccc(CNC(=O)[C@H](CCC(=O)O)NC(=O)C2c3ccccc3-c3ccccc32)c1. The maximum Gasteiger partial charge on any atom is 0.303 e.